The molecule has 7 heteroatoms. The lowest BCUT2D eigenvalue weighted by atomic mass is 10.5. The summed E-state index contributed by atoms with van der Waals surface area (Å²) < 4.78 is 3.33. The number of rotatable bonds is 0. The highest BCUT2D eigenvalue weighted by Gasteiger charge is 2.25. The molecule has 1 aromatic heterocycles. The monoisotopic (exact) mass is 209 g/mol. The number of amides is 2. The molecule has 1 aliphatic heterocycles. The molecule has 0 fully saturated rings. The van der Waals surface area contributed by atoms with Crippen LogP contribution in [-0.4, -0.2) is 22.2 Å². The highest BCUT2D eigenvalue weighted by atomic mass is 16.2. The first kappa shape index (κ1) is 9.50. The Hall–Kier alpha value is -2.05. The number of carbonyl (C=O) groups is 1. The molecule has 2 amide bonds. The first-order valence-electron chi connectivity index (χ1n) is 4.24. The Bertz CT molecular complexity index is 707. The van der Waals surface area contributed by atoms with Gasteiger partial charge in [-0.1, -0.05) is 4.99 Å². The SMILES string of the molecule is Cn1c(=O)c2c(n(C)c1=O)=[N+](C)C(=O)N=2. The molecule has 1 aliphatic rings. The van der Waals surface area contributed by atoms with E-state index in [-0.39, 0.29) is 10.8 Å². The minimum absolute atomic E-state index is 0.0205. The normalized spacial score (nSPS) is 14.1. The second-order valence-electron chi connectivity index (χ2n) is 3.33. The maximum atomic E-state index is 11.6. The molecular formula is C8H9N4O3+. The lowest BCUT2D eigenvalue weighted by Gasteiger charge is -1.95. The number of carbonyl (C=O) groups excluding carboxylic acids is 1. The number of urea groups is 1. The molecule has 1 aromatic rings. The van der Waals surface area contributed by atoms with Crippen LogP contribution in [0.25, 0.3) is 0 Å². The second kappa shape index (κ2) is 2.72. The third-order valence-corrected chi connectivity index (χ3v) is 2.42. The minimum Gasteiger partial charge on any atom is -0.265 e. The molecule has 0 aromatic carbocycles. The first-order valence-corrected chi connectivity index (χ1v) is 4.24. The van der Waals surface area contributed by atoms with E-state index in [1.807, 2.05) is 0 Å². The van der Waals surface area contributed by atoms with Gasteiger partial charge in [0.15, 0.2) is 0 Å². The Balaban J connectivity index is 3.30. The maximum Gasteiger partial charge on any atom is 0.477 e. The average Bonchev–Trinajstić information content (AvgIpc) is 2.50. The maximum absolute atomic E-state index is 11.6. The summed E-state index contributed by atoms with van der Waals surface area (Å²) in [5, 5.41) is 0.0205. The van der Waals surface area contributed by atoms with Crippen LogP contribution < -0.4 is 26.7 Å². The van der Waals surface area contributed by atoms with Crippen molar-refractivity contribution in [3.8, 4) is 0 Å². The lowest BCUT2D eigenvalue weighted by molar-refractivity contribution is 0.247. The summed E-state index contributed by atoms with van der Waals surface area (Å²) in [5.41, 5.74) is -0.783. The van der Waals surface area contributed by atoms with Crippen molar-refractivity contribution in [1.29, 1.82) is 0 Å². The fourth-order valence-corrected chi connectivity index (χ4v) is 1.56. The lowest BCUT2D eigenvalue weighted by Crippen LogP contribution is -2.58. The molecule has 0 atom stereocenters. The van der Waals surface area contributed by atoms with Crippen molar-refractivity contribution in [2.75, 3.05) is 7.05 Å². The van der Waals surface area contributed by atoms with Crippen molar-refractivity contribution >= 4 is 6.03 Å². The van der Waals surface area contributed by atoms with Gasteiger partial charge in [0, 0.05) is 7.05 Å². The third-order valence-electron chi connectivity index (χ3n) is 2.42. The number of nitrogens with zero attached hydrogens (tertiary/aromatic N) is 4. The Morgan fingerprint density at radius 1 is 1.13 bits per heavy atom. The van der Waals surface area contributed by atoms with Gasteiger partial charge in [-0.05, 0) is 0 Å². The van der Waals surface area contributed by atoms with Crippen LogP contribution in [0.5, 0.6) is 0 Å². The quantitative estimate of drug-likeness (QED) is 0.426. The number of hydrogen-bond donors (Lipinski definition) is 0. The van der Waals surface area contributed by atoms with E-state index in [1.165, 1.54) is 30.3 Å². The molecule has 15 heavy (non-hydrogen) atoms. The van der Waals surface area contributed by atoms with Crippen molar-refractivity contribution in [1.82, 2.24) is 13.7 Å². The molecule has 2 heterocycles. The van der Waals surface area contributed by atoms with Gasteiger partial charge in [-0.25, -0.2) is 18.7 Å². The van der Waals surface area contributed by atoms with Crippen molar-refractivity contribution in [2.45, 2.75) is 0 Å². The first-order chi connectivity index (χ1) is 6.95. The van der Waals surface area contributed by atoms with E-state index in [1.54, 1.807) is 0 Å². The summed E-state index contributed by atoms with van der Waals surface area (Å²) in [5.74, 6) is 0. The van der Waals surface area contributed by atoms with Crippen molar-refractivity contribution < 1.29 is 4.79 Å². The van der Waals surface area contributed by atoms with Crippen molar-refractivity contribution in [2.24, 2.45) is 19.1 Å². The van der Waals surface area contributed by atoms with E-state index in [0.29, 0.717) is 0 Å². The molecule has 0 saturated heterocycles. The van der Waals surface area contributed by atoms with Crippen LogP contribution in [0.3, 0.4) is 0 Å². The van der Waals surface area contributed by atoms with Gasteiger partial charge in [0.05, 0.1) is 14.1 Å². The molecule has 0 N–H and O–H groups in total. The van der Waals surface area contributed by atoms with E-state index >= 15 is 0 Å². The molecule has 0 radical (unpaired) electrons. The van der Waals surface area contributed by atoms with Gasteiger partial charge < -0.3 is 0 Å². The summed E-state index contributed by atoms with van der Waals surface area (Å²) in [6, 6.07) is -0.539. The van der Waals surface area contributed by atoms with E-state index < -0.39 is 17.3 Å². The number of aromatic nitrogens is 2. The number of hydrogen-bond acceptors (Lipinski definition) is 3. The third kappa shape index (κ3) is 1.03. The Labute approximate surface area is 83.2 Å². The molecule has 0 unspecified atom stereocenters. The summed E-state index contributed by atoms with van der Waals surface area (Å²) in [7, 11) is 4.31. The van der Waals surface area contributed by atoms with Gasteiger partial charge in [0.25, 0.3) is 10.8 Å². The van der Waals surface area contributed by atoms with Gasteiger partial charge in [-0.15, -0.1) is 0 Å². The molecule has 78 valence electrons. The topological polar surface area (TPSA) is 76.4 Å². The summed E-state index contributed by atoms with van der Waals surface area (Å²) >= 11 is 0. The second-order valence-corrected chi connectivity index (χ2v) is 3.33. The Morgan fingerprint density at radius 3 is 2.33 bits per heavy atom. The molecule has 7 nitrogen and oxygen atoms in total. The van der Waals surface area contributed by atoms with Gasteiger partial charge >= 0.3 is 17.3 Å². The summed E-state index contributed by atoms with van der Waals surface area (Å²) in [4.78, 5) is 38.0. The highest BCUT2D eigenvalue weighted by Crippen LogP contribution is 1.76. The number of fused-ring (bicyclic) bond motifs is 1. The minimum atomic E-state index is -0.550. The fraction of sp³-hybridized carbons (Fsp3) is 0.375. The molecule has 0 saturated carbocycles. The zero-order valence-corrected chi connectivity index (χ0v) is 8.51. The smallest absolute Gasteiger partial charge is 0.265 e. The van der Waals surface area contributed by atoms with Crippen LogP contribution in [0.15, 0.2) is 14.6 Å². The van der Waals surface area contributed by atoms with E-state index in [2.05, 4.69) is 4.99 Å². The van der Waals surface area contributed by atoms with Crippen LogP contribution in [0.2, 0.25) is 0 Å². The van der Waals surface area contributed by atoms with E-state index in [4.69, 9.17) is 0 Å². The van der Waals surface area contributed by atoms with Crippen LogP contribution >= 0.6 is 0 Å². The predicted octanol–water partition coefficient (Wildman–Crippen LogP) is -3.04. The largest absolute Gasteiger partial charge is 0.477 e. The van der Waals surface area contributed by atoms with Crippen LogP contribution in [-0.2, 0) is 14.1 Å². The highest BCUT2D eigenvalue weighted by molar-refractivity contribution is 5.77. The van der Waals surface area contributed by atoms with Crippen LogP contribution in [0.1, 0.15) is 0 Å². The zero-order valence-electron chi connectivity index (χ0n) is 8.51. The zero-order chi connectivity index (χ0) is 11.3. The van der Waals surface area contributed by atoms with Crippen LogP contribution in [0.4, 0.5) is 4.79 Å². The van der Waals surface area contributed by atoms with E-state index in [0.717, 1.165) is 4.57 Å². The van der Waals surface area contributed by atoms with Gasteiger partial charge in [-0.2, -0.15) is 4.58 Å². The molecule has 2 rings (SSSR count). The average molecular weight is 209 g/mol. The summed E-state index contributed by atoms with van der Waals surface area (Å²) in [6.07, 6.45) is 0. The molecular weight excluding hydrogens is 200 g/mol. The standard InChI is InChI=1S/C8H9N4O3/c1-10-5-4(9-7(10)14)6(13)12(3)8(15)11(5)2/h1-3H3/q+1. The predicted molar refractivity (Wildman–Crippen MR) is 50.3 cm³/mol. The van der Waals surface area contributed by atoms with Crippen LogP contribution in [0, 0.1) is 0 Å². The van der Waals surface area contributed by atoms with Crippen molar-refractivity contribution in [3.05, 3.63) is 31.7 Å². The molecule has 0 bridgehead atoms. The van der Waals surface area contributed by atoms with Gasteiger partial charge in [0.2, 0.25) is 0 Å². The Morgan fingerprint density at radius 2 is 1.73 bits per heavy atom. The summed E-state index contributed by atoms with van der Waals surface area (Å²) in [6.45, 7) is 0. The van der Waals surface area contributed by atoms with Crippen molar-refractivity contribution in [3.63, 3.8) is 0 Å². The fourth-order valence-electron chi connectivity index (χ4n) is 1.56. The van der Waals surface area contributed by atoms with Gasteiger partial charge in [-0.3, -0.25) is 4.79 Å². The van der Waals surface area contributed by atoms with E-state index in [9.17, 15) is 14.4 Å². The Kier molecular flexibility index (Phi) is 1.72. The van der Waals surface area contributed by atoms with Gasteiger partial charge in [0.1, 0.15) is 0 Å². The molecule has 0 aliphatic carbocycles. The molecule has 0 spiro atoms.